The summed E-state index contributed by atoms with van der Waals surface area (Å²) in [5.41, 5.74) is 0. The Hall–Kier alpha value is -0.430. The second kappa shape index (κ2) is 20.9. The number of rotatable bonds is 24. The van der Waals surface area contributed by atoms with E-state index in [0.717, 1.165) is 12.8 Å². The van der Waals surface area contributed by atoms with Crippen LogP contribution in [0.2, 0.25) is 0 Å². The number of phosphoric acid groups is 1. The molecule has 8 heteroatoms. The highest BCUT2D eigenvalue weighted by atomic mass is 31.2. The molecule has 0 heterocycles. The zero-order valence-electron chi connectivity index (χ0n) is 21.9. The maximum Gasteiger partial charge on any atom is 0.472 e. The molecule has 1 unspecified atom stereocenters. The van der Waals surface area contributed by atoms with Gasteiger partial charge in [0.15, 0.2) is 0 Å². The average Bonchev–Trinajstić information content (AvgIpc) is 2.73. The van der Waals surface area contributed by atoms with Gasteiger partial charge >= 0.3 is 7.82 Å². The van der Waals surface area contributed by atoms with Crippen LogP contribution in [0.1, 0.15) is 96.8 Å². The standard InChI is InChI=1S/C25H52NO6P/c1-5-6-7-8-9-10-11-12-13-14-15-16-17-18-19-21-30-23-25(27)24-32-33(28,29)31-22-20-26(2,3)4/h19,21,25,27H,5-18,20,22-24H2,1-4H3/p+1/b21-19-/t25-/m1/s1. The molecule has 7 nitrogen and oxygen atoms in total. The van der Waals surface area contributed by atoms with Crippen LogP contribution in [0.25, 0.3) is 0 Å². The van der Waals surface area contributed by atoms with Gasteiger partial charge in [-0.25, -0.2) is 4.57 Å². The molecule has 0 saturated carbocycles. The highest BCUT2D eigenvalue weighted by Gasteiger charge is 2.24. The number of unbranched alkanes of at least 4 members (excludes halogenated alkanes) is 13. The minimum absolute atomic E-state index is 0.00792. The van der Waals surface area contributed by atoms with E-state index in [1.807, 2.05) is 27.2 Å². The highest BCUT2D eigenvalue weighted by molar-refractivity contribution is 7.47. The van der Waals surface area contributed by atoms with Crippen LogP contribution < -0.4 is 0 Å². The lowest BCUT2D eigenvalue weighted by Gasteiger charge is -2.24. The summed E-state index contributed by atoms with van der Waals surface area (Å²) in [7, 11) is 1.72. The number of phosphoric ester groups is 1. The summed E-state index contributed by atoms with van der Waals surface area (Å²) < 4.78 is 27.4. The van der Waals surface area contributed by atoms with Crippen LogP contribution in [0.3, 0.4) is 0 Å². The molecule has 0 aliphatic rings. The van der Waals surface area contributed by atoms with E-state index in [1.165, 1.54) is 77.0 Å². The quantitative estimate of drug-likeness (QED) is 0.0719. The van der Waals surface area contributed by atoms with Crippen molar-refractivity contribution in [2.45, 2.75) is 103 Å². The van der Waals surface area contributed by atoms with Crippen molar-refractivity contribution < 1.29 is 32.8 Å². The molecule has 0 radical (unpaired) electrons. The molecular weight excluding hydrogens is 441 g/mol. The van der Waals surface area contributed by atoms with Crippen molar-refractivity contribution in [3.63, 3.8) is 0 Å². The molecule has 0 aromatic heterocycles. The third kappa shape index (κ3) is 26.0. The fourth-order valence-electron chi connectivity index (χ4n) is 3.28. The minimum Gasteiger partial charge on any atom is -0.499 e. The number of allylic oxidation sites excluding steroid dienone is 1. The number of aliphatic hydroxyl groups is 1. The van der Waals surface area contributed by atoms with E-state index in [0.29, 0.717) is 11.0 Å². The van der Waals surface area contributed by atoms with Crippen LogP contribution >= 0.6 is 7.82 Å². The number of aliphatic hydroxyl groups excluding tert-OH is 1. The molecule has 0 fully saturated rings. The normalized spacial score (nSPS) is 15.1. The van der Waals surface area contributed by atoms with Gasteiger partial charge in [-0.15, -0.1) is 0 Å². The first-order valence-electron chi connectivity index (χ1n) is 13.0. The Morgan fingerprint density at radius 1 is 0.818 bits per heavy atom. The first-order valence-corrected chi connectivity index (χ1v) is 14.5. The molecule has 0 spiro atoms. The maximum atomic E-state index is 11.8. The summed E-state index contributed by atoms with van der Waals surface area (Å²) in [5.74, 6) is 0. The van der Waals surface area contributed by atoms with Crippen LogP contribution in [0, 0.1) is 0 Å². The van der Waals surface area contributed by atoms with Gasteiger partial charge in [0.1, 0.15) is 25.9 Å². The summed E-state index contributed by atoms with van der Waals surface area (Å²) in [6.07, 6.45) is 21.0. The van der Waals surface area contributed by atoms with E-state index in [2.05, 4.69) is 6.92 Å². The molecule has 0 rings (SSSR count). The van der Waals surface area contributed by atoms with Crippen molar-refractivity contribution in [1.82, 2.24) is 0 Å². The Morgan fingerprint density at radius 2 is 1.33 bits per heavy atom. The van der Waals surface area contributed by atoms with E-state index >= 15 is 0 Å². The predicted octanol–water partition coefficient (Wildman–Crippen LogP) is 6.20. The first kappa shape index (κ1) is 32.6. The fraction of sp³-hybridized carbons (Fsp3) is 0.920. The average molecular weight is 495 g/mol. The zero-order valence-corrected chi connectivity index (χ0v) is 22.8. The Bertz CT molecular complexity index is 510. The number of nitrogens with zero attached hydrogens (tertiary/aromatic N) is 1. The molecule has 198 valence electrons. The second-order valence-electron chi connectivity index (χ2n) is 10.0. The van der Waals surface area contributed by atoms with Crippen LogP contribution in [-0.4, -0.2) is 68.1 Å². The Morgan fingerprint density at radius 3 is 1.85 bits per heavy atom. The van der Waals surface area contributed by atoms with Gasteiger partial charge in [-0.1, -0.05) is 84.0 Å². The van der Waals surface area contributed by atoms with Crippen molar-refractivity contribution in [3.8, 4) is 0 Å². The minimum atomic E-state index is -4.15. The first-order chi connectivity index (χ1) is 15.7. The van der Waals surface area contributed by atoms with Gasteiger partial charge in [0, 0.05) is 0 Å². The number of likely N-dealkylation sites (N-methyl/N-ethyl adjacent to an activating group) is 1. The number of quaternary nitrogens is 1. The molecule has 0 aromatic carbocycles. The van der Waals surface area contributed by atoms with Crippen LogP contribution in [0.15, 0.2) is 12.3 Å². The van der Waals surface area contributed by atoms with Gasteiger partial charge in [0.05, 0.1) is 34.0 Å². The van der Waals surface area contributed by atoms with Gasteiger partial charge in [0.2, 0.25) is 0 Å². The summed E-state index contributed by atoms with van der Waals surface area (Å²) in [4.78, 5) is 9.62. The van der Waals surface area contributed by atoms with Gasteiger partial charge in [-0.05, 0) is 18.9 Å². The molecule has 0 bridgehead atoms. The lowest BCUT2D eigenvalue weighted by atomic mass is 10.0. The van der Waals surface area contributed by atoms with Gasteiger partial charge in [-0.3, -0.25) is 9.05 Å². The molecule has 2 atom stereocenters. The maximum absolute atomic E-state index is 11.8. The van der Waals surface area contributed by atoms with E-state index in [1.54, 1.807) is 6.26 Å². The lowest BCUT2D eigenvalue weighted by molar-refractivity contribution is -0.870. The third-order valence-corrected chi connectivity index (χ3v) is 6.39. The topological polar surface area (TPSA) is 85.2 Å². The largest absolute Gasteiger partial charge is 0.499 e. The van der Waals surface area contributed by atoms with Gasteiger partial charge in [0.25, 0.3) is 0 Å². The molecule has 0 aromatic rings. The number of ether oxygens (including phenoxy) is 1. The lowest BCUT2D eigenvalue weighted by Crippen LogP contribution is -2.37. The summed E-state index contributed by atoms with van der Waals surface area (Å²) in [5, 5.41) is 9.82. The van der Waals surface area contributed by atoms with Crippen molar-refractivity contribution in [2.24, 2.45) is 0 Å². The molecule has 0 aliphatic carbocycles. The predicted molar refractivity (Wildman–Crippen MR) is 136 cm³/mol. The highest BCUT2D eigenvalue weighted by Crippen LogP contribution is 2.43. The third-order valence-electron chi connectivity index (χ3n) is 5.40. The molecular formula is C25H53NO6P+. The molecule has 0 aliphatic heterocycles. The van der Waals surface area contributed by atoms with Crippen LogP contribution in [0.5, 0.6) is 0 Å². The smallest absolute Gasteiger partial charge is 0.472 e. The van der Waals surface area contributed by atoms with E-state index < -0.39 is 13.9 Å². The van der Waals surface area contributed by atoms with Crippen LogP contribution in [-0.2, 0) is 18.3 Å². The molecule has 0 amide bonds. The van der Waals surface area contributed by atoms with Crippen molar-refractivity contribution in [3.05, 3.63) is 12.3 Å². The molecule has 0 saturated heterocycles. The van der Waals surface area contributed by atoms with E-state index in [4.69, 9.17) is 13.8 Å². The molecule has 33 heavy (non-hydrogen) atoms. The SMILES string of the molecule is CCCCCCCCCCCCCCC/C=C\OC[C@@H](O)COP(=O)(O)OCC[N+](C)(C)C. The van der Waals surface area contributed by atoms with Gasteiger partial charge < -0.3 is 19.2 Å². The van der Waals surface area contributed by atoms with Crippen molar-refractivity contribution >= 4 is 7.82 Å². The van der Waals surface area contributed by atoms with Crippen molar-refractivity contribution in [2.75, 3.05) is 47.5 Å². The van der Waals surface area contributed by atoms with Gasteiger partial charge in [-0.2, -0.15) is 0 Å². The Labute approximate surface area is 203 Å². The monoisotopic (exact) mass is 494 g/mol. The fourth-order valence-corrected chi connectivity index (χ4v) is 4.03. The van der Waals surface area contributed by atoms with E-state index in [9.17, 15) is 14.6 Å². The zero-order chi connectivity index (χ0) is 24.8. The van der Waals surface area contributed by atoms with E-state index in [-0.39, 0.29) is 19.8 Å². The molecule has 2 N–H and O–H groups in total. The van der Waals surface area contributed by atoms with Crippen molar-refractivity contribution in [1.29, 1.82) is 0 Å². The summed E-state index contributed by atoms with van der Waals surface area (Å²) in [6, 6.07) is 0. The second-order valence-corrected chi connectivity index (χ2v) is 11.5. The number of hydrogen-bond donors (Lipinski definition) is 2. The summed E-state index contributed by atoms with van der Waals surface area (Å²) in [6.45, 7) is 2.63. The summed E-state index contributed by atoms with van der Waals surface area (Å²) >= 11 is 0. The Balaban J connectivity index is 3.48. The Kier molecular flexibility index (Phi) is 20.6. The number of hydrogen-bond acceptors (Lipinski definition) is 5. The van der Waals surface area contributed by atoms with Crippen LogP contribution in [0.4, 0.5) is 0 Å².